The van der Waals surface area contributed by atoms with Gasteiger partial charge in [-0.05, 0) is 18.8 Å². The lowest BCUT2D eigenvalue weighted by Gasteiger charge is -2.23. The number of ether oxygens (including phenoxy) is 2. The van der Waals surface area contributed by atoms with Crippen molar-refractivity contribution in [2.24, 2.45) is 5.41 Å². The van der Waals surface area contributed by atoms with Crippen LogP contribution in [0.3, 0.4) is 0 Å². The first-order valence-corrected chi connectivity index (χ1v) is 5.62. The number of esters is 1. The van der Waals surface area contributed by atoms with E-state index >= 15 is 0 Å². The predicted molar refractivity (Wildman–Crippen MR) is 60.7 cm³/mol. The standard InChI is InChI=1S/C12H24O3/c1-6-11(13)15-8-7-14-10(2)9-12(3,4)5/h10H,6-9H2,1-5H3. The lowest BCUT2D eigenvalue weighted by atomic mass is 9.90. The molecule has 0 saturated carbocycles. The van der Waals surface area contributed by atoms with Gasteiger partial charge in [0.05, 0.1) is 12.7 Å². The zero-order valence-electron chi connectivity index (χ0n) is 10.6. The molecule has 0 saturated heterocycles. The molecule has 3 heteroatoms. The maximum absolute atomic E-state index is 10.8. The third-order valence-electron chi connectivity index (χ3n) is 1.94. The van der Waals surface area contributed by atoms with Crippen LogP contribution in [0.1, 0.15) is 47.5 Å². The van der Waals surface area contributed by atoms with Crippen molar-refractivity contribution in [2.75, 3.05) is 13.2 Å². The normalized spacial score (nSPS) is 13.7. The molecule has 0 N–H and O–H groups in total. The maximum Gasteiger partial charge on any atom is 0.305 e. The molecule has 1 unspecified atom stereocenters. The van der Waals surface area contributed by atoms with Crippen molar-refractivity contribution in [3.8, 4) is 0 Å². The van der Waals surface area contributed by atoms with E-state index in [-0.39, 0.29) is 17.5 Å². The highest BCUT2D eigenvalue weighted by molar-refractivity contribution is 5.68. The molecule has 0 fully saturated rings. The molecule has 0 bridgehead atoms. The fraction of sp³-hybridized carbons (Fsp3) is 0.917. The van der Waals surface area contributed by atoms with E-state index in [1.54, 1.807) is 6.92 Å². The van der Waals surface area contributed by atoms with Crippen LogP contribution in [0.4, 0.5) is 0 Å². The summed E-state index contributed by atoms with van der Waals surface area (Å²) in [6, 6.07) is 0. The lowest BCUT2D eigenvalue weighted by molar-refractivity contribution is -0.145. The van der Waals surface area contributed by atoms with Gasteiger partial charge in [-0.1, -0.05) is 27.7 Å². The molecule has 0 aliphatic rings. The second-order valence-corrected chi connectivity index (χ2v) is 5.02. The summed E-state index contributed by atoms with van der Waals surface area (Å²) in [6.45, 7) is 11.2. The Labute approximate surface area is 93.1 Å². The van der Waals surface area contributed by atoms with E-state index in [0.29, 0.717) is 19.6 Å². The minimum atomic E-state index is -0.165. The predicted octanol–water partition coefficient (Wildman–Crippen LogP) is 2.78. The molecule has 1 atom stereocenters. The van der Waals surface area contributed by atoms with Crippen LogP contribution in [0.5, 0.6) is 0 Å². The average Bonchev–Trinajstić information content (AvgIpc) is 2.09. The molecule has 0 aromatic rings. The van der Waals surface area contributed by atoms with Crippen LogP contribution in [0.25, 0.3) is 0 Å². The average molecular weight is 216 g/mol. The zero-order chi connectivity index (χ0) is 11.9. The van der Waals surface area contributed by atoms with Crippen LogP contribution in [-0.2, 0) is 14.3 Å². The molecule has 3 nitrogen and oxygen atoms in total. The topological polar surface area (TPSA) is 35.5 Å². The van der Waals surface area contributed by atoms with Gasteiger partial charge in [0, 0.05) is 6.42 Å². The fourth-order valence-electron chi connectivity index (χ4n) is 1.43. The summed E-state index contributed by atoms with van der Waals surface area (Å²) >= 11 is 0. The van der Waals surface area contributed by atoms with Gasteiger partial charge >= 0.3 is 5.97 Å². The van der Waals surface area contributed by atoms with Crippen LogP contribution < -0.4 is 0 Å². The van der Waals surface area contributed by atoms with E-state index in [1.807, 2.05) is 6.92 Å². The quantitative estimate of drug-likeness (QED) is 0.506. The molecular weight excluding hydrogens is 192 g/mol. The van der Waals surface area contributed by atoms with E-state index in [0.717, 1.165) is 6.42 Å². The molecule has 0 radical (unpaired) electrons. The Kier molecular flexibility index (Phi) is 6.57. The highest BCUT2D eigenvalue weighted by Crippen LogP contribution is 2.21. The second-order valence-electron chi connectivity index (χ2n) is 5.02. The molecule has 0 aliphatic carbocycles. The van der Waals surface area contributed by atoms with Crippen molar-refractivity contribution in [2.45, 2.75) is 53.6 Å². The van der Waals surface area contributed by atoms with Crippen LogP contribution >= 0.6 is 0 Å². The maximum atomic E-state index is 10.8. The molecule has 0 aliphatic heterocycles. The molecule has 0 heterocycles. The SMILES string of the molecule is CCC(=O)OCCOC(C)CC(C)(C)C. The monoisotopic (exact) mass is 216 g/mol. The van der Waals surface area contributed by atoms with Crippen molar-refractivity contribution in [1.29, 1.82) is 0 Å². The van der Waals surface area contributed by atoms with Gasteiger partial charge in [-0.25, -0.2) is 0 Å². The van der Waals surface area contributed by atoms with Crippen LogP contribution in [-0.4, -0.2) is 25.3 Å². The lowest BCUT2D eigenvalue weighted by Crippen LogP contribution is -2.20. The smallest absolute Gasteiger partial charge is 0.305 e. The summed E-state index contributed by atoms with van der Waals surface area (Å²) in [5.41, 5.74) is 0.277. The number of carbonyl (C=O) groups excluding carboxylic acids is 1. The van der Waals surface area contributed by atoms with Crippen molar-refractivity contribution < 1.29 is 14.3 Å². The Morgan fingerprint density at radius 2 is 1.87 bits per heavy atom. The highest BCUT2D eigenvalue weighted by Gasteiger charge is 2.15. The summed E-state index contributed by atoms with van der Waals surface area (Å²) in [5, 5.41) is 0. The van der Waals surface area contributed by atoms with Crippen molar-refractivity contribution in [1.82, 2.24) is 0 Å². The minimum absolute atomic E-state index is 0.165. The van der Waals surface area contributed by atoms with Gasteiger partial charge < -0.3 is 9.47 Å². The van der Waals surface area contributed by atoms with E-state index in [1.165, 1.54) is 0 Å². The third kappa shape index (κ3) is 9.73. The summed E-state index contributed by atoms with van der Waals surface area (Å²) in [5.74, 6) is -0.165. The number of hydrogen-bond donors (Lipinski definition) is 0. The van der Waals surface area contributed by atoms with Gasteiger partial charge in [0.2, 0.25) is 0 Å². The largest absolute Gasteiger partial charge is 0.463 e. The summed E-state index contributed by atoms with van der Waals surface area (Å²) in [6.07, 6.45) is 1.65. The van der Waals surface area contributed by atoms with Gasteiger partial charge in [0.1, 0.15) is 6.61 Å². The van der Waals surface area contributed by atoms with E-state index in [2.05, 4.69) is 20.8 Å². The Morgan fingerprint density at radius 3 is 2.33 bits per heavy atom. The Balaban J connectivity index is 3.47. The molecule has 0 rings (SSSR count). The molecule has 0 aromatic carbocycles. The summed E-state index contributed by atoms with van der Waals surface area (Å²) in [4.78, 5) is 10.8. The van der Waals surface area contributed by atoms with Gasteiger partial charge in [-0.3, -0.25) is 4.79 Å². The fourth-order valence-corrected chi connectivity index (χ4v) is 1.43. The van der Waals surface area contributed by atoms with E-state index in [4.69, 9.17) is 9.47 Å². The zero-order valence-corrected chi connectivity index (χ0v) is 10.6. The van der Waals surface area contributed by atoms with Crippen LogP contribution in [0.2, 0.25) is 0 Å². The van der Waals surface area contributed by atoms with Gasteiger partial charge in [0.15, 0.2) is 0 Å². The Morgan fingerprint density at radius 1 is 1.27 bits per heavy atom. The Hall–Kier alpha value is -0.570. The molecule has 0 amide bonds. The van der Waals surface area contributed by atoms with Crippen LogP contribution in [0.15, 0.2) is 0 Å². The van der Waals surface area contributed by atoms with Gasteiger partial charge in [-0.2, -0.15) is 0 Å². The van der Waals surface area contributed by atoms with Crippen LogP contribution in [0, 0.1) is 5.41 Å². The number of rotatable bonds is 6. The number of carbonyl (C=O) groups is 1. The van der Waals surface area contributed by atoms with Crippen molar-refractivity contribution in [3.05, 3.63) is 0 Å². The highest BCUT2D eigenvalue weighted by atomic mass is 16.6. The summed E-state index contributed by atoms with van der Waals surface area (Å²) in [7, 11) is 0. The molecule has 0 aromatic heterocycles. The van der Waals surface area contributed by atoms with Gasteiger partial charge in [0.25, 0.3) is 0 Å². The van der Waals surface area contributed by atoms with Crippen molar-refractivity contribution >= 4 is 5.97 Å². The van der Waals surface area contributed by atoms with Gasteiger partial charge in [-0.15, -0.1) is 0 Å². The van der Waals surface area contributed by atoms with E-state index < -0.39 is 0 Å². The first kappa shape index (κ1) is 14.4. The minimum Gasteiger partial charge on any atom is -0.463 e. The Bertz CT molecular complexity index is 182. The first-order valence-electron chi connectivity index (χ1n) is 5.62. The number of hydrogen-bond acceptors (Lipinski definition) is 3. The first-order chi connectivity index (χ1) is 6.85. The summed E-state index contributed by atoms with van der Waals surface area (Å²) < 4.78 is 10.4. The second kappa shape index (κ2) is 6.83. The molecule has 15 heavy (non-hydrogen) atoms. The third-order valence-corrected chi connectivity index (χ3v) is 1.94. The van der Waals surface area contributed by atoms with Crippen molar-refractivity contribution in [3.63, 3.8) is 0 Å². The molecular formula is C12H24O3. The molecule has 90 valence electrons. The molecule has 0 spiro atoms. The van der Waals surface area contributed by atoms with E-state index in [9.17, 15) is 4.79 Å².